The number of anilines is 2. The van der Waals surface area contributed by atoms with E-state index in [-0.39, 0.29) is 11.8 Å². The molecular weight excluding hydrogens is 288 g/mol. The number of aromatic hydroxyl groups is 1. The van der Waals surface area contributed by atoms with E-state index in [1.807, 2.05) is 0 Å². The van der Waals surface area contributed by atoms with Crippen molar-refractivity contribution in [2.45, 2.75) is 11.8 Å². The zero-order valence-corrected chi connectivity index (χ0v) is 12.5. The van der Waals surface area contributed by atoms with E-state index in [9.17, 15) is 14.1 Å². The number of amides is 2. The molecule has 0 heterocycles. The monoisotopic (exact) mass is 304 g/mol. The first kappa shape index (κ1) is 15.1. The van der Waals surface area contributed by atoms with Crippen molar-refractivity contribution in [3.05, 3.63) is 48.0 Å². The lowest BCUT2D eigenvalue weighted by molar-refractivity contribution is 0.262. The van der Waals surface area contributed by atoms with Gasteiger partial charge in [0.2, 0.25) is 0 Å². The second-order valence-electron chi connectivity index (χ2n) is 4.56. The Morgan fingerprint density at radius 2 is 1.62 bits per heavy atom. The fraction of sp³-hybridized carbons (Fsp3) is 0.133. The minimum Gasteiger partial charge on any atom is -0.508 e. The van der Waals surface area contributed by atoms with E-state index < -0.39 is 10.8 Å². The lowest BCUT2D eigenvalue weighted by Gasteiger charge is -2.09. The van der Waals surface area contributed by atoms with Gasteiger partial charge in [-0.25, -0.2) is 4.79 Å². The van der Waals surface area contributed by atoms with Crippen molar-refractivity contribution in [3.8, 4) is 5.75 Å². The lowest BCUT2D eigenvalue weighted by Crippen LogP contribution is -2.19. The highest BCUT2D eigenvalue weighted by Crippen LogP contribution is 2.20. The van der Waals surface area contributed by atoms with Gasteiger partial charge in [0, 0.05) is 33.3 Å². The summed E-state index contributed by atoms with van der Waals surface area (Å²) < 4.78 is 11.3. The Balaban J connectivity index is 2.01. The average Bonchev–Trinajstić information content (AvgIpc) is 2.43. The molecule has 0 aliphatic heterocycles. The number of carbonyl (C=O) groups is 1. The molecule has 2 aromatic carbocycles. The molecule has 1 atom stereocenters. The Morgan fingerprint density at radius 3 is 2.19 bits per heavy atom. The molecule has 0 saturated heterocycles. The quantitative estimate of drug-likeness (QED) is 0.762. The number of benzene rings is 2. The predicted octanol–water partition coefficient (Wildman–Crippen LogP) is 3.08. The second kappa shape index (κ2) is 6.41. The van der Waals surface area contributed by atoms with Gasteiger partial charge in [-0.2, -0.15) is 0 Å². The molecule has 2 aromatic rings. The third kappa shape index (κ3) is 4.06. The zero-order chi connectivity index (χ0) is 15.4. The lowest BCUT2D eigenvalue weighted by atomic mass is 10.2. The van der Waals surface area contributed by atoms with Crippen LogP contribution in [0.3, 0.4) is 0 Å². The maximum absolute atomic E-state index is 11.9. The van der Waals surface area contributed by atoms with E-state index in [2.05, 4.69) is 10.6 Å². The fourth-order valence-electron chi connectivity index (χ4n) is 1.76. The molecule has 6 heteroatoms. The highest BCUT2D eigenvalue weighted by molar-refractivity contribution is 7.84. The molecule has 0 spiro atoms. The standard InChI is InChI=1S/C15H16N2O3S/c1-10-9-12(5-8-14(10)18)17-15(19)16-11-3-6-13(7-4-11)21(2)20/h3-9,18H,1-2H3,(H2,16,17,19)/t21-/m1/s1. The fourth-order valence-corrected chi connectivity index (χ4v) is 2.28. The third-order valence-corrected chi connectivity index (χ3v) is 3.83. The van der Waals surface area contributed by atoms with Crippen molar-refractivity contribution in [2.24, 2.45) is 0 Å². The summed E-state index contributed by atoms with van der Waals surface area (Å²) in [5.41, 5.74) is 1.88. The summed E-state index contributed by atoms with van der Waals surface area (Å²) in [6.07, 6.45) is 1.60. The first-order valence-electron chi connectivity index (χ1n) is 6.27. The smallest absolute Gasteiger partial charge is 0.323 e. The number of rotatable bonds is 3. The van der Waals surface area contributed by atoms with Gasteiger partial charge in [-0.1, -0.05) is 0 Å². The van der Waals surface area contributed by atoms with Crippen molar-refractivity contribution in [1.29, 1.82) is 0 Å². The number of carbonyl (C=O) groups excluding carboxylic acids is 1. The Bertz CT molecular complexity index is 684. The summed E-state index contributed by atoms with van der Waals surface area (Å²) in [6.45, 7) is 1.75. The van der Waals surface area contributed by atoms with Gasteiger partial charge in [-0.05, 0) is 55.0 Å². The van der Waals surface area contributed by atoms with Crippen molar-refractivity contribution in [2.75, 3.05) is 16.9 Å². The van der Waals surface area contributed by atoms with Gasteiger partial charge in [0.25, 0.3) is 0 Å². The molecule has 0 aliphatic carbocycles. The Morgan fingerprint density at radius 1 is 1.05 bits per heavy atom. The van der Waals surface area contributed by atoms with Crippen LogP contribution < -0.4 is 10.6 Å². The summed E-state index contributed by atoms with van der Waals surface area (Å²) in [5, 5.41) is 14.8. The molecule has 0 bridgehead atoms. The van der Waals surface area contributed by atoms with E-state index in [1.165, 1.54) is 6.07 Å². The summed E-state index contributed by atoms with van der Waals surface area (Å²) in [7, 11) is -1.04. The molecule has 0 unspecified atom stereocenters. The minimum atomic E-state index is -1.04. The Labute approximate surface area is 125 Å². The van der Waals surface area contributed by atoms with Gasteiger partial charge in [-0.15, -0.1) is 0 Å². The molecule has 5 nitrogen and oxygen atoms in total. The molecule has 2 amide bonds. The Hall–Kier alpha value is -2.34. The zero-order valence-electron chi connectivity index (χ0n) is 11.7. The SMILES string of the molecule is Cc1cc(NC(=O)Nc2ccc([S@@](C)=O)cc2)ccc1O. The van der Waals surface area contributed by atoms with Crippen molar-refractivity contribution < 1.29 is 14.1 Å². The molecule has 0 fully saturated rings. The van der Waals surface area contributed by atoms with E-state index in [1.54, 1.807) is 49.6 Å². The maximum Gasteiger partial charge on any atom is 0.323 e. The summed E-state index contributed by atoms with van der Waals surface area (Å²) in [5.74, 6) is 0.184. The van der Waals surface area contributed by atoms with Gasteiger partial charge in [0.1, 0.15) is 5.75 Å². The average molecular weight is 304 g/mol. The van der Waals surface area contributed by atoms with Crippen LogP contribution in [0.1, 0.15) is 5.56 Å². The Kier molecular flexibility index (Phi) is 4.59. The number of nitrogens with one attached hydrogen (secondary N) is 2. The molecule has 0 aromatic heterocycles. The van der Waals surface area contributed by atoms with Crippen LogP contribution in [-0.2, 0) is 10.8 Å². The van der Waals surface area contributed by atoms with Crippen LogP contribution in [0.2, 0.25) is 0 Å². The second-order valence-corrected chi connectivity index (χ2v) is 5.94. The van der Waals surface area contributed by atoms with Gasteiger partial charge < -0.3 is 15.7 Å². The largest absolute Gasteiger partial charge is 0.508 e. The van der Waals surface area contributed by atoms with Crippen LogP contribution in [0.5, 0.6) is 5.75 Å². The first-order chi connectivity index (χ1) is 9.95. The number of hydrogen-bond acceptors (Lipinski definition) is 3. The number of aryl methyl sites for hydroxylation is 1. The van der Waals surface area contributed by atoms with Crippen LogP contribution in [0.4, 0.5) is 16.2 Å². The van der Waals surface area contributed by atoms with Gasteiger partial charge in [0.15, 0.2) is 0 Å². The maximum atomic E-state index is 11.9. The molecule has 0 radical (unpaired) electrons. The van der Waals surface area contributed by atoms with E-state index in [0.29, 0.717) is 21.8 Å². The van der Waals surface area contributed by atoms with Crippen molar-refractivity contribution >= 4 is 28.2 Å². The number of phenols is 1. The highest BCUT2D eigenvalue weighted by atomic mass is 32.2. The topological polar surface area (TPSA) is 78.4 Å². The normalized spacial score (nSPS) is 11.7. The summed E-state index contributed by atoms with van der Waals surface area (Å²) in [4.78, 5) is 12.6. The van der Waals surface area contributed by atoms with Crippen LogP contribution in [0, 0.1) is 6.92 Å². The predicted molar refractivity (Wildman–Crippen MR) is 84.3 cm³/mol. The number of hydrogen-bond donors (Lipinski definition) is 3. The van der Waals surface area contributed by atoms with Crippen molar-refractivity contribution in [3.63, 3.8) is 0 Å². The number of phenolic OH excluding ortho intramolecular Hbond substituents is 1. The van der Waals surface area contributed by atoms with Crippen molar-refractivity contribution in [1.82, 2.24) is 0 Å². The molecular formula is C15H16N2O3S. The van der Waals surface area contributed by atoms with Crippen LogP contribution >= 0.6 is 0 Å². The highest BCUT2D eigenvalue weighted by Gasteiger charge is 2.05. The van der Waals surface area contributed by atoms with E-state index in [4.69, 9.17) is 0 Å². The summed E-state index contributed by atoms with van der Waals surface area (Å²) >= 11 is 0. The van der Waals surface area contributed by atoms with Crippen LogP contribution in [0.15, 0.2) is 47.4 Å². The molecule has 21 heavy (non-hydrogen) atoms. The van der Waals surface area contributed by atoms with E-state index in [0.717, 1.165) is 0 Å². The number of urea groups is 1. The van der Waals surface area contributed by atoms with E-state index >= 15 is 0 Å². The van der Waals surface area contributed by atoms with Gasteiger partial charge in [-0.3, -0.25) is 4.21 Å². The molecule has 110 valence electrons. The van der Waals surface area contributed by atoms with Crippen LogP contribution in [0.25, 0.3) is 0 Å². The molecule has 0 aliphatic rings. The molecule has 0 saturated carbocycles. The summed E-state index contributed by atoms with van der Waals surface area (Å²) in [6, 6.07) is 11.2. The third-order valence-electron chi connectivity index (χ3n) is 2.90. The minimum absolute atomic E-state index is 0.184. The molecule has 2 rings (SSSR count). The molecule has 3 N–H and O–H groups in total. The van der Waals surface area contributed by atoms with Gasteiger partial charge >= 0.3 is 6.03 Å². The van der Waals surface area contributed by atoms with Gasteiger partial charge in [0.05, 0.1) is 0 Å². The van der Waals surface area contributed by atoms with Crippen LogP contribution in [-0.4, -0.2) is 21.6 Å². The first-order valence-corrected chi connectivity index (χ1v) is 7.82.